The van der Waals surface area contributed by atoms with E-state index in [9.17, 15) is 0 Å². The van der Waals surface area contributed by atoms with Gasteiger partial charge in [0.05, 0.1) is 25.0 Å². The van der Waals surface area contributed by atoms with Gasteiger partial charge in [0.1, 0.15) is 5.82 Å². The molecule has 0 amide bonds. The van der Waals surface area contributed by atoms with E-state index in [1.165, 1.54) is 6.42 Å². The third-order valence-corrected chi connectivity index (χ3v) is 5.68. The number of hydrogen-bond donors (Lipinski definition) is 3. The van der Waals surface area contributed by atoms with Crippen molar-refractivity contribution in [3.05, 3.63) is 64.8 Å². The van der Waals surface area contributed by atoms with E-state index in [0.717, 1.165) is 46.8 Å². The van der Waals surface area contributed by atoms with E-state index >= 15 is 0 Å². The van der Waals surface area contributed by atoms with Crippen LogP contribution in [-0.4, -0.2) is 29.3 Å². The van der Waals surface area contributed by atoms with E-state index in [4.69, 9.17) is 32.5 Å². The van der Waals surface area contributed by atoms with E-state index in [1.807, 2.05) is 48.5 Å². The number of ether oxygens (including phenoxy) is 2. The molecule has 1 aliphatic heterocycles. The van der Waals surface area contributed by atoms with Crippen LogP contribution in [0.25, 0.3) is 11.1 Å². The Labute approximate surface area is 193 Å². The highest BCUT2D eigenvalue weighted by Gasteiger charge is 2.17. The molecule has 0 aliphatic carbocycles. The van der Waals surface area contributed by atoms with Crippen molar-refractivity contribution in [2.24, 2.45) is 0 Å². The van der Waals surface area contributed by atoms with Gasteiger partial charge in [-0.25, -0.2) is 4.98 Å². The normalized spacial score (nSPS) is 16.1. The third kappa shape index (κ3) is 5.88. The maximum Gasteiger partial charge on any atom is 0.222 e. The molecule has 1 aromatic heterocycles. The molecule has 1 atom stereocenters. The lowest BCUT2D eigenvalue weighted by molar-refractivity contribution is -0.0451. The van der Waals surface area contributed by atoms with Gasteiger partial charge in [0.25, 0.3) is 0 Å². The first kappa shape index (κ1) is 22.3. The number of anilines is 3. The number of nitrogens with one attached hydrogen (secondary N) is 1. The maximum absolute atomic E-state index is 6.22. The first-order valence-corrected chi connectivity index (χ1v) is 11.2. The van der Waals surface area contributed by atoms with Gasteiger partial charge in [-0.3, -0.25) is 0 Å². The largest absolute Gasteiger partial charge is 0.383 e. The van der Waals surface area contributed by atoms with Crippen molar-refractivity contribution in [3.8, 4) is 11.1 Å². The van der Waals surface area contributed by atoms with Gasteiger partial charge in [-0.15, -0.1) is 0 Å². The van der Waals surface area contributed by atoms with Crippen LogP contribution in [0.5, 0.6) is 0 Å². The summed E-state index contributed by atoms with van der Waals surface area (Å²) in [5, 5.41) is 4.13. The summed E-state index contributed by atoms with van der Waals surface area (Å²) in [6.07, 6.45) is 3.44. The second-order valence-electron chi connectivity index (χ2n) is 7.85. The highest BCUT2D eigenvalue weighted by atomic mass is 35.5. The second kappa shape index (κ2) is 10.6. The number of nitrogen functional groups attached to an aromatic ring is 2. The standard InChI is InChI=1S/C24H28ClN5O2/c25-18-8-4-16(5-9-18)13-28-19-10-6-17(7-11-19)22-21(29-24(27)30-23(22)26)15-31-14-20-3-1-2-12-32-20/h4-11,20,28H,1-3,12-15H2,(H4,26,27,29,30). The zero-order valence-electron chi connectivity index (χ0n) is 17.9. The summed E-state index contributed by atoms with van der Waals surface area (Å²) in [5.41, 5.74) is 16.5. The fourth-order valence-electron chi connectivity index (χ4n) is 3.75. The SMILES string of the molecule is Nc1nc(N)c(-c2ccc(NCc3ccc(Cl)cc3)cc2)c(COCC2CCCCO2)n1. The lowest BCUT2D eigenvalue weighted by Gasteiger charge is -2.22. The van der Waals surface area contributed by atoms with Crippen molar-refractivity contribution in [3.63, 3.8) is 0 Å². The summed E-state index contributed by atoms with van der Waals surface area (Å²) < 4.78 is 11.6. The van der Waals surface area contributed by atoms with Crippen molar-refractivity contribution in [1.82, 2.24) is 9.97 Å². The molecule has 3 aromatic rings. The predicted octanol–water partition coefficient (Wildman–Crippen LogP) is 4.66. The van der Waals surface area contributed by atoms with Crippen LogP contribution in [0, 0.1) is 0 Å². The minimum atomic E-state index is 0.134. The smallest absolute Gasteiger partial charge is 0.222 e. The fourth-order valence-corrected chi connectivity index (χ4v) is 3.88. The first-order chi connectivity index (χ1) is 15.6. The molecule has 0 saturated carbocycles. The molecule has 1 unspecified atom stereocenters. The number of halogens is 1. The number of rotatable bonds is 8. The number of aromatic nitrogens is 2. The minimum Gasteiger partial charge on any atom is -0.383 e. The molecule has 0 spiro atoms. The molecule has 2 heterocycles. The van der Waals surface area contributed by atoms with Gasteiger partial charge in [-0.05, 0) is 54.7 Å². The quantitative estimate of drug-likeness (QED) is 0.455. The van der Waals surface area contributed by atoms with E-state index < -0.39 is 0 Å². The third-order valence-electron chi connectivity index (χ3n) is 5.43. The Balaban J connectivity index is 1.43. The van der Waals surface area contributed by atoms with Crippen molar-refractivity contribution in [1.29, 1.82) is 0 Å². The molecular formula is C24H28ClN5O2. The number of benzene rings is 2. The molecule has 4 rings (SSSR count). The van der Waals surface area contributed by atoms with Crippen molar-refractivity contribution >= 4 is 29.1 Å². The summed E-state index contributed by atoms with van der Waals surface area (Å²) in [6, 6.07) is 15.8. The van der Waals surface area contributed by atoms with Gasteiger partial charge in [0.2, 0.25) is 5.95 Å². The topological polar surface area (TPSA) is 108 Å². The van der Waals surface area contributed by atoms with E-state index in [-0.39, 0.29) is 12.1 Å². The molecule has 1 fully saturated rings. The van der Waals surface area contributed by atoms with Gasteiger partial charge >= 0.3 is 0 Å². The van der Waals surface area contributed by atoms with E-state index in [1.54, 1.807) is 0 Å². The highest BCUT2D eigenvalue weighted by Crippen LogP contribution is 2.30. The predicted molar refractivity (Wildman–Crippen MR) is 128 cm³/mol. The summed E-state index contributed by atoms with van der Waals surface area (Å²) in [4.78, 5) is 8.54. The van der Waals surface area contributed by atoms with Crippen LogP contribution in [0.15, 0.2) is 48.5 Å². The van der Waals surface area contributed by atoms with Crippen LogP contribution in [0.3, 0.4) is 0 Å². The molecule has 1 saturated heterocycles. The molecule has 168 valence electrons. The van der Waals surface area contributed by atoms with Crippen LogP contribution in [0.2, 0.25) is 5.02 Å². The molecular weight excluding hydrogens is 426 g/mol. The highest BCUT2D eigenvalue weighted by molar-refractivity contribution is 6.30. The molecule has 2 aromatic carbocycles. The molecule has 0 bridgehead atoms. The summed E-state index contributed by atoms with van der Waals surface area (Å²) in [5.74, 6) is 0.479. The Morgan fingerprint density at radius 1 is 1.03 bits per heavy atom. The molecule has 1 aliphatic rings. The van der Waals surface area contributed by atoms with Crippen LogP contribution in [0.1, 0.15) is 30.5 Å². The van der Waals surface area contributed by atoms with Crippen molar-refractivity contribution in [2.75, 3.05) is 30.0 Å². The van der Waals surface area contributed by atoms with Crippen molar-refractivity contribution < 1.29 is 9.47 Å². The van der Waals surface area contributed by atoms with E-state index in [0.29, 0.717) is 31.3 Å². The van der Waals surface area contributed by atoms with Gasteiger partial charge < -0.3 is 26.3 Å². The Morgan fingerprint density at radius 2 is 1.81 bits per heavy atom. The average Bonchev–Trinajstić information content (AvgIpc) is 2.80. The number of hydrogen-bond acceptors (Lipinski definition) is 7. The maximum atomic E-state index is 6.22. The Bertz CT molecular complexity index is 1020. The van der Waals surface area contributed by atoms with E-state index in [2.05, 4.69) is 15.3 Å². The Kier molecular flexibility index (Phi) is 7.42. The van der Waals surface area contributed by atoms with Gasteiger partial charge in [0, 0.05) is 29.4 Å². The number of nitrogens with two attached hydrogens (primary N) is 2. The molecule has 7 nitrogen and oxygen atoms in total. The van der Waals surface area contributed by atoms with Crippen molar-refractivity contribution in [2.45, 2.75) is 38.5 Å². The summed E-state index contributed by atoms with van der Waals surface area (Å²) in [6.45, 7) is 2.32. The lowest BCUT2D eigenvalue weighted by atomic mass is 10.0. The Hall–Kier alpha value is -2.87. The minimum absolute atomic E-state index is 0.134. The lowest BCUT2D eigenvalue weighted by Crippen LogP contribution is -2.24. The van der Waals surface area contributed by atoms with Crippen LogP contribution in [-0.2, 0) is 22.6 Å². The average molecular weight is 454 g/mol. The molecule has 5 N–H and O–H groups in total. The van der Waals surface area contributed by atoms with Crippen LogP contribution < -0.4 is 16.8 Å². The summed E-state index contributed by atoms with van der Waals surface area (Å²) in [7, 11) is 0. The van der Waals surface area contributed by atoms with Gasteiger partial charge in [0.15, 0.2) is 0 Å². The zero-order valence-corrected chi connectivity index (χ0v) is 18.6. The fraction of sp³-hybridized carbons (Fsp3) is 0.333. The molecule has 32 heavy (non-hydrogen) atoms. The van der Waals surface area contributed by atoms with Crippen LogP contribution in [0.4, 0.5) is 17.5 Å². The Morgan fingerprint density at radius 3 is 2.53 bits per heavy atom. The molecule has 8 heteroatoms. The van der Waals surface area contributed by atoms with Gasteiger partial charge in [-0.1, -0.05) is 35.9 Å². The zero-order chi connectivity index (χ0) is 22.3. The van der Waals surface area contributed by atoms with Crippen LogP contribution >= 0.6 is 11.6 Å². The van der Waals surface area contributed by atoms with Gasteiger partial charge in [-0.2, -0.15) is 4.98 Å². The number of nitrogens with zero attached hydrogens (tertiary/aromatic N) is 2. The molecule has 0 radical (unpaired) electrons. The first-order valence-electron chi connectivity index (χ1n) is 10.8. The second-order valence-corrected chi connectivity index (χ2v) is 8.29. The summed E-state index contributed by atoms with van der Waals surface area (Å²) >= 11 is 5.95. The monoisotopic (exact) mass is 453 g/mol.